The predicted octanol–water partition coefficient (Wildman–Crippen LogP) is 6.75. The molecule has 0 radical (unpaired) electrons. The molecule has 0 bridgehead atoms. The highest BCUT2D eigenvalue weighted by molar-refractivity contribution is 7.10. The van der Waals surface area contributed by atoms with E-state index < -0.39 is 0 Å². The van der Waals surface area contributed by atoms with Crippen LogP contribution in [0, 0.1) is 34.5 Å². The molecule has 2 saturated carbocycles. The van der Waals surface area contributed by atoms with E-state index in [1.807, 2.05) is 18.0 Å². The largest absolute Gasteiger partial charge is 0.348 e. The van der Waals surface area contributed by atoms with Gasteiger partial charge in [0, 0.05) is 35.4 Å². The topological polar surface area (TPSA) is 49.4 Å². The first-order chi connectivity index (χ1) is 17.8. The van der Waals surface area contributed by atoms with Gasteiger partial charge >= 0.3 is 0 Å². The zero-order chi connectivity index (χ0) is 25.8. The summed E-state index contributed by atoms with van der Waals surface area (Å²) in [6.45, 7) is 4.83. The van der Waals surface area contributed by atoms with Crippen LogP contribution in [0.25, 0.3) is 0 Å². The average molecular weight is 517 g/mol. The number of carbonyl (C=O) groups is 2. The Bertz CT molecular complexity index is 1190. The van der Waals surface area contributed by atoms with Crippen molar-refractivity contribution in [2.45, 2.75) is 71.3 Å². The van der Waals surface area contributed by atoms with Gasteiger partial charge in [-0.1, -0.05) is 56.3 Å². The molecule has 6 rings (SSSR count). The van der Waals surface area contributed by atoms with Gasteiger partial charge in [0.25, 0.3) is 0 Å². The van der Waals surface area contributed by atoms with Gasteiger partial charge in [-0.05, 0) is 85.1 Å². The van der Waals surface area contributed by atoms with E-state index >= 15 is 0 Å². The normalized spacial score (nSPS) is 35.7. The summed E-state index contributed by atoms with van der Waals surface area (Å²) < 4.78 is 0. The number of fused-ring (bicyclic) bond motifs is 5. The third kappa shape index (κ3) is 4.09. The van der Waals surface area contributed by atoms with E-state index in [1.54, 1.807) is 11.3 Å². The van der Waals surface area contributed by atoms with Crippen LogP contribution in [0.4, 0.5) is 0 Å². The zero-order valence-electron chi connectivity index (χ0n) is 22.4. The summed E-state index contributed by atoms with van der Waals surface area (Å²) in [6.07, 6.45) is 10.3. The maximum Gasteiger partial charge on any atom is 0.226 e. The molecule has 1 N–H and O–H groups in total. The lowest BCUT2D eigenvalue weighted by atomic mass is 9.49. The molecule has 4 nitrogen and oxygen atoms in total. The average Bonchev–Trinajstić information content (AvgIpc) is 3.55. The first-order valence-corrected chi connectivity index (χ1v) is 15.0. The Hall–Kier alpha value is -2.40. The monoisotopic (exact) mass is 516 g/mol. The first-order valence-electron chi connectivity index (χ1n) is 14.2. The van der Waals surface area contributed by atoms with Crippen molar-refractivity contribution in [1.29, 1.82) is 0 Å². The summed E-state index contributed by atoms with van der Waals surface area (Å²) in [7, 11) is 1.97. The van der Waals surface area contributed by atoms with E-state index in [-0.39, 0.29) is 34.6 Å². The Morgan fingerprint density at radius 3 is 2.65 bits per heavy atom. The van der Waals surface area contributed by atoms with Crippen molar-refractivity contribution in [3.05, 3.63) is 70.1 Å². The lowest BCUT2D eigenvalue weighted by Gasteiger charge is -2.58. The zero-order valence-corrected chi connectivity index (χ0v) is 23.2. The molecule has 2 heterocycles. The van der Waals surface area contributed by atoms with Gasteiger partial charge < -0.3 is 10.2 Å². The lowest BCUT2D eigenvalue weighted by molar-refractivity contribution is -0.138. The van der Waals surface area contributed by atoms with Crippen molar-refractivity contribution >= 4 is 23.2 Å². The van der Waals surface area contributed by atoms with E-state index in [0.29, 0.717) is 24.2 Å². The van der Waals surface area contributed by atoms with Crippen LogP contribution in [0.15, 0.2) is 59.6 Å². The second-order valence-corrected chi connectivity index (χ2v) is 13.5. The molecule has 5 heteroatoms. The second-order valence-electron chi connectivity index (χ2n) is 12.5. The van der Waals surface area contributed by atoms with Crippen molar-refractivity contribution < 1.29 is 9.59 Å². The maximum atomic E-state index is 14.0. The highest BCUT2D eigenvalue weighted by Crippen LogP contribution is 2.66. The number of likely N-dealkylation sites (tertiary alicyclic amines) is 1. The Kier molecular flexibility index (Phi) is 6.34. The minimum Gasteiger partial charge on any atom is -0.348 e. The van der Waals surface area contributed by atoms with Crippen LogP contribution in [0.1, 0.15) is 75.3 Å². The highest BCUT2D eigenvalue weighted by atomic mass is 32.1. The van der Waals surface area contributed by atoms with Gasteiger partial charge in [0.2, 0.25) is 11.8 Å². The van der Waals surface area contributed by atoms with Gasteiger partial charge in [-0.2, -0.15) is 0 Å². The lowest BCUT2D eigenvalue weighted by Crippen LogP contribution is -2.54. The molecule has 3 fully saturated rings. The van der Waals surface area contributed by atoms with Crippen molar-refractivity contribution in [3.8, 4) is 0 Å². The summed E-state index contributed by atoms with van der Waals surface area (Å²) in [4.78, 5) is 29.6. The fourth-order valence-corrected chi connectivity index (χ4v) is 9.62. The number of rotatable bonds is 5. The number of amides is 2. The summed E-state index contributed by atoms with van der Waals surface area (Å²) >= 11 is 1.73. The molecule has 196 valence electrons. The maximum absolute atomic E-state index is 14.0. The number of carbonyl (C=O) groups excluding carboxylic acids is 2. The molecule has 37 heavy (non-hydrogen) atoms. The molecule has 4 aliphatic rings. The Balaban J connectivity index is 1.22. The molecule has 1 aliphatic heterocycles. The fourth-order valence-electron chi connectivity index (χ4n) is 8.85. The molecule has 2 amide bonds. The van der Waals surface area contributed by atoms with Gasteiger partial charge in [0.05, 0.1) is 6.04 Å². The van der Waals surface area contributed by atoms with E-state index in [4.69, 9.17) is 0 Å². The summed E-state index contributed by atoms with van der Waals surface area (Å²) in [5, 5.41) is 5.63. The van der Waals surface area contributed by atoms with Crippen LogP contribution >= 0.6 is 11.3 Å². The quantitative estimate of drug-likeness (QED) is 0.478. The second kappa shape index (κ2) is 9.41. The molecule has 0 spiro atoms. The number of nitrogens with zero attached hydrogens (tertiary/aromatic N) is 1. The van der Waals surface area contributed by atoms with E-state index in [0.717, 1.165) is 44.9 Å². The number of piperidine rings is 1. The number of nitrogens with one attached hydrogen (secondary N) is 1. The molecule has 1 saturated heterocycles. The minimum absolute atomic E-state index is 0.0169. The standard InChI is InChI=1S/C32H40N2O2S/c1-31-17-15-24-22(11-14-28-32(24,2)18-16-29(35)34(28)3)23(31)12-13-25(31)30(36)33-26(27-10-7-19-37-27)20-21-8-5-4-6-9-21/h4-10,14,19,22-26H,11-13,15-18,20H2,1-3H3,(H,33,36)/t22-,23-,24+,25?,26?,31-,32+/m0/s1. The van der Waals surface area contributed by atoms with Crippen molar-refractivity contribution in [3.63, 3.8) is 0 Å². The molecule has 3 aliphatic carbocycles. The van der Waals surface area contributed by atoms with Gasteiger partial charge in [0.1, 0.15) is 0 Å². The van der Waals surface area contributed by atoms with Crippen molar-refractivity contribution in [2.24, 2.45) is 34.5 Å². The van der Waals surface area contributed by atoms with Crippen LogP contribution < -0.4 is 5.32 Å². The van der Waals surface area contributed by atoms with E-state index in [2.05, 4.69) is 67.0 Å². The van der Waals surface area contributed by atoms with E-state index in [1.165, 1.54) is 16.1 Å². The van der Waals surface area contributed by atoms with Crippen molar-refractivity contribution in [2.75, 3.05) is 7.05 Å². The molecular weight excluding hydrogens is 476 g/mol. The van der Waals surface area contributed by atoms with Gasteiger partial charge in [-0.25, -0.2) is 0 Å². The van der Waals surface area contributed by atoms with Crippen LogP contribution in [0.3, 0.4) is 0 Å². The molecule has 7 atom stereocenters. The fraction of sp³-hybridized carbons (Fsp3) is 0.562. The van der Waals surface area contributed by atoms with Gasteiger partial charge in [0.15, 0.2) is 0 Å². The Morgan fingerprint density at radius 1 is 1.08 bits per heavy atom. The minimum atomic E-state index is 0.0169. The van der Waals surface area contributed by atoms with E-state index in [9.17, 15) is 9.59 Å². The number of thiophene rings is 1. The first kappa shape index (κ1) is 24.9. The highest BCUT2D eigenvalue weighted by Gasteiger charge is 2.60. The summed E-state index contributed by atoms with van der Waals surface area (Å²) in [5.74, 6) is 2.39. The van der Waals surface area contributed by atoms with Crippen LogP contribution in [-0.2, 0) is 16.0 Å². The molecule has 1 aromatic heterocycles. The molecule has 2 aromatic rings. The predicted molar refractivity (Wildman–Crippen MR) is 149 cm³/mol. The van der Waals surface area contributed by atoms with Gasteiger partial charge in [-0.15, -0.1) is 11.3 Å². The van der Waals surface area contributed by atoms with Crippen LogP contribution in [0.5, 0.6) is 0 Å². The molecule has 1 aromatic carbocycles. The third-order valence-corrected chi connectivity index (χ3v) is 11.8. The van der Waals surface area contributed by atoms with Crippen LogP contribution in [0.2, 0.25) is 0 Å². The number of hydrogen-bond donors (Lipinski definition) is 1. The Morgan fingerprint density at radius 2 is 1.89 bits per heavy atom. The van der Waals surface area contributed by atoms with Crippen molar-refractivity contribution in [1.82, 2.24) is 10.2 Å². The summed E-state index contributed by atoms with van der Waals surface area (Å²) in [6, 6.07) is 14.8. The number of allylic oxidation sites excluding steroid dienone is 2. The Labute approximate surface area is 225 Å². The third-order valence-electron chi connectivity index (χ3n) is 10.8. The van der Waals surface area contributed by atoms with Gasteiger partial charge in [-0.3, -0.25) is 9.59 Å². The smallest absolute Gasteiger partial charge is 0.226 e. The molecular formula is C32H40N2O2S. The summed E-state index contributed by atoms with van der Waals surface area (Å²) in [5.41, 5.74) is 2.66. The SMILES string of the molecule is CN1C(=O)CC[C@@]2(C)C1=CC[C@@H]1[C@H]2CC[C@]2(C)C(C(=O)NC(Cc3ccccc3)c3cccs3)CC[C@@H]12. The molecule has 2 unspecified atom stereocenters. The van der Waals surface area contributed by atoms with Crippen LogP contribution in [-0.4, -0.2) is 23.8 Å². The number of hydrogen-bond acceptors (Lipinski definition) is 3. The number of benzene rings is 1.